The van der Waals surface area contributed by atoms with Crippen LogP contribution in [0.3, 0.4) is 0 Å². The largest absolute Gasteiger partial charge is 0.0852 e. The Kier molecular flexibility index (Phi) is 17.7. The maximum Gasteiger partial charge on any atom is 0.0410 e. The highest BCUT2D eigenvalue weighted by molar-refractivity contribution is 8.76. The van der Waals surface area contributed by atoms with Crippen molar-refractivity contribution in [2.75, 3.05) is 0 Å². The van der Waals surface area contributed by atoms with Gasteiger partial charge in [0.2, 0.25) is 0 Å². The van der Waals surface area contributed by atoms with Crippen molar-refractivity contribution in [3.05, 3.63) is 214 Å². The van der Waals surface area contributed by atoms with Gasteiger partial charge in [-0.15, -0.1) is 0 Å². The van der Waals surface area contributed by atoms with Gasteiger partial charge in [-0.1, -0.05) is 306 Å². The molecule has 0 heterocycles. The van der Waals surface area contributed by atoms with Crippen molar-refractivity contribution in [3.8, 4) is 66.8 Å². The molecule has 418 valence electrons. The minimum Gasteiger partial charge on any atom is -0.0852 e. The first kappa shape index (κ1) is 60.6. The van der Waals surface area contributed by atoms with E-state index < -0.39 is 0 Å². The van der Waals surface area contributed by atoms with Crippen molar-refractivity contribution in [2.24, 2.45) is 0 Å². The zero-order chi connectivity index (χ0) is 58.3. The highest BCUT2D eigenvalue weighted by Gasteiger charge is 2.29. The summed E-state index contributed by atoms with van der Waals surface area (Å²) in [6.07, 6.45) is 1.94. The molecule has 2 atom stereocenters. The molecular weight excluding hydrogens is 1000 g/mol. The Labute approximate surface area is 493 Å². The molecule has 0 N–H and O–H groups in total. The van der Waals surface area contributed by atoms with Gasteiger partial charge in [-0.25, -0.2) is 0 Å². The molecule has 0 saturated carbocycles. The molecule has 0 aliphatic carbocycles. The van der Waals surface area contributed by atoms with Crippen LogP contribution in [-0.4, -0.2) is 0 Å². The van der Waals surface area contributed by atoms with Crippen molar-refractivity contribution in [1.29, 1.82) is 0 Å². The molecule has 0 aliphatic rings. The van der Waals surface area contributed by atoms with E-state index in [1.54, 1.807) is 0 Å². The van der Waals surface area contributed by atoms with E-state index in [2.05, 4.69) is 330 Å². The lowest BCUT2D eigenvalue weighted by molar-refractivity contribution is 0.590. The van der Waals surface area contributed by atoms with Gasteiger partial charge in [0, 0.05) is 10.5 Å². The summed E-state index contributed by atoms with van der Waals surface area (Å²) in [6, 6.07) is 66.8. The molecule has 8 rings (SSSR count). The van der Waals surface area contributed by atoms with Crippen LogP contribution in [-0.2, 0) is 32.5 Å². The number of rotatable bonds is 13. The predicted octanol–water partition coefficient (Wildman–Crippen LogP) is 24.5. The molecule has 0 saturated heterocycles. The van der Waals surface area contributed by atoms with E-state index in [4.69, 9.17) is 0 Å². The monoisotopic (exact) mass is 1090 g/mol. The Hall–Kier alpha value is -5.54. The van der Waals surface area contributed by atoms with Crippen LogP contribution in [0.15, 0.2) is 170 Å². The van der Waals surface area contributed by atoms with Crippen molar-refractivity contribution in [1.82, 2.24) is 0 Å². The maximum absolute atomic E-state index is 2.51. The molecule has 0 amide bonds. The van der Waals surface area contributed by atoms with Crippen LogP contribution in [0.1, 0.15) is 206 Å². The van der Waals surface area contributed by atoms with Crippen LogP contribution in [0.25, 0.3) is 66.8 Å². The van der Waals surface area contributed by atoms with Gasteiger partial charge in [0.1, 0.15) is 0 Å². The third-order valence-corrected chi connectivity index (χ3v) is 19.9. The third kappa shape index (κ3) is 13.8. The minimum absolute atomic E-state index is 0.0433. The van der Waals surface area contributed by atoms with Crippen molar-refractivity contribution in [3.63, 3.8) is 0 Å². The average Bonchev–Trinajstić information content (AvgIpc) is 3.59. The molecular formula is C78H94S2. The van der Waals surface area contributed by atoms with Crippen molar-refractivity contribution < 1.29 is 0 Å². The molecule has 8 aromatic carbocycles. The van der Waals surface area contributed by atoms with E-state index in [-0.39, 0.29) is 43.0 Å². The molecule has 0 fully saturated rings. The van der Waals surface area contributed by atoms with E-state index in [1.165, 1.54) is 111 Å². The van der Waals surface area contributed by atoms with E-state index in [9.17, 15) is 0 Å². The Morgan fingerprint density at radius 2 is 0.400 bits per heavy atom. The van der Waals surface area contributed by atoms with E-state index in [0.717, 1.165) is 12.8 Å². The molecule has 80 heavy (non-hydrogen) atoms. The summed E-state index contributed by atoms with van der Waals surface area (Å²) in [5, 5.41) is 0.344. The zero-order valence-electron chi connectivity index (χ0n) is 52.6. The van der Waals surface area contributed by atoms with Crippen LogP contribution in [0.2, 0.25) is 0 Å². The fraction of sp³-hybridized carbons (Fsp3) is 0.385. The summed E-state index contributed by atoms with van der Waals surface area (Å²) in [5.74, 6) is 0. The van der Waals surface area contributed by atoms with Crippen molar-refractivity contribution in [2.45, 2.75) is 194 Å². The van der Waals surface area contributed by atoms with Gasteiger partial charge in [0.25, 0.3) is 0 Å². The zero-order valence-corrected chi connectivity index (χ0v) is 54.2. The van der Waals surface area contributed by atoms with Gasteiger partial charge in [-0.2, -0.15) is 0 Å². The first-order valence-corrected chi connectivity index (χ1v) is 32.0. The number of hydrogen-bond donors (Lipinski definition) is 0. The second-order valence-electron chi connectivity index (χ2n) is 28.9. The van der Waals surface area contributed by atoms with Gasteiger partial charge < -0.3 is 0 Å². The fourth-order valence-electron chi connectivity index (χ4n) is 11.0. The second-order valence-corrected chi connectivity index (χ2v) is 31.6. The van der Waals surface area contributed by atoms with E-state index >= 15 is 0 Å². The van der Waals surface area contributed by atoms with Crippen LogP contribution in [0, 0.1) is 0 Å². The molecule has 0 radical (unpaired) electrons. The predicted molar refractivity (Wildman–Crippen MR) is 359 cm³/mol. The van der Waals surface area contributed by atoms with Gasteiger partial charge in [-0.3, -0.25) is 0 Å². The highest BCUT2D eigenvalue weighted by atomic mass is 33.1. The quantitative estimate of drug-likeness (QED) is 0.106. The summed E-state index contributed by atoms with van der Waals surface area (Å²) in [7, 11) is 4.16. The SMILES string of the molecule is CC[C@@H](SS[C@H](CC)c1c(-c2ccc(C(C)(C)C)cc2)cc(-c2ccc(C(C)(C)C)cc2)cc1-c1ccc(C(C)(C)C)cc1)c1c(-c2ccc(C(C)(C)C)cc2)cc(-c2ccc(C(C)(C)C)cc2)cc1-c1ccc(C(C)(C)C)cc1. The molecule has 0 aromatic heterocycles. The molecule has 0 unspecified atom stereocenters. The van der Waals surface area contributed by atoms with Gasteiger partial charge in [-0.05, 0) is 181 Å². The molecule has 0 aliphatic heterocycles. The Bertz CT molecular complexity index is 2970. The fourth-order valence-corrected chi connectivity index (χ4v) is 14.4. The Morgan fingerprint density at radius 3 is 0.550 bits per heavy atom. The lowest BCUT2D eigenvalue weighted by Gasteiger charge is -2.29. The molecule has 2 heteroatoms. The summed E-state index contributed by atoms with van der Waals surface area (Å²) in [4.78, 5) is 0. The summed E-state index contributed by atoms with van der Waals surface area (Å²) < 4.78 is 0. The Balaban J connectivity index is 1.35. The molecule has 0 nitrogen and oxygen atoms in total. The van der Waals surface area contributed by atoms with E-state index in [0.29, 0.717) is 0 Å². The van der Waals surface area contributed by atoms with Gasteiger partial charge in [0.05, 0.1) is 0 Å². The third-order valence-electron chi connectivity index (χ3n) is 16.4. The Morgan fingerprint density at radius 1 is 0.237 bits per heavy atom. The van der Waals surface area contributed by atoms with Crippen LogP contribution in [0.4, 0.5) is 0 Å². The molecule has 8 aromatic rings. The van der Waals surface area contributed by atoms with Gasteiger partial charge >= 0.3 is 0 Å². The second kappa shape index (κ2) is 23.4. The van der Waals surface area contributed by atoms with Gasteiger partial charge in [0.15, 0.2) is 0 Å². The molecule has 0 spiro atoms. The maximum atomic E-state index is 2.51. The summed E-state index contributed by atoms with van der Waals surface area (Å²) in [6.45, 7) is 46.4. The number of benzene rings is 8. The van der Waals surface area contributed by atoms with Crippen molar-refractivity contribution >= 4 is 21.6 Å². The highest BCUT2D eigenvalue weighted by Crippen LogP contribution is 2.56. The first-order valence-electron chi connectivity index (χ1n) is 29.7. The van der Waals surface area contributed by atoms with Crippen LogP contribution < -0.4 is 0 Å². The normalized spacial score (nSPS) is 13.6. The van der Waals surface area contributed by atoms with Crippen LogP contribution in [0.5, 0.6) is 0 Å². The lowest BCUT2D eigenvalue weighted by atomic mass is 9.82. The topological polar surface area (TPSA) is 0 Å². The summed E-state index contributed by atoms with van der Waals surface area (Å²) in [5.41, 5.74) is 26.5. The smallest absolute Gasteiger partial charge is 0.0410 e. The summed E-state index contributed by atoms with van der Waals surface area (Å²) >= 11 is 0. The first-order chi connectivity index (χ1) is 37.3. The van der Waals surface area contributed by atoms with Crippen LogP contribution >= 0.6 is 21.6 Å². The lowest BCUT2D eigenvalue weighted by Crippen LogP contribution is -2.11. The molecule has 0 bridgehead atoms. The average molecular weight is 1100 g/mol. The minimum atomic E-state index is 0.0433. The van der Waals surface area contributed by atoms with E-state index in [1.807, 2.05) is 0 Å². The number of hydrogen-bond acceptors (Lipinski definition) is 2. The standard InChI is InChI=1S/C78H94S2/c1-21-69(71-65(53-27-39-61(40-28-53)75(9,10)11)47-57(51-23-35-59(36-24-51)73(3,4)5)48-66(71)54-29-41-62(42-30-54)76(12,13)14)79-80-70(22-2)72-67(55-31-43-63(44-32-55)77(15,16)17)49-58(52-25-37-60(38-26-52)74(6,7)8)50-68(72)56-33-45-64(46-34-56)78(18,19)20/h23-50,69-70H,21-22H2,1-20H3/t69-,70-/m1/s1.